The summed E-state index contributed by atoms with van der Waals surface area (Å²) in [5.41, 5.74) is 2.46. The van der Waals surface area contributed by atoms with Crippen molar-refractivity contribution in [2.45, 2.75) is 20.0 Å². The Morgan fingerprint density at radius 2 is 1.43 bits per heavy atom. The van der Waals surface area contributed by atoms with Crippen molar-refractivity contribution in [1.82, 2.24) is 10.6 Å². The zero-order valence-electron chi connectivity index (χ0n) is 15.6. The number of amides is 2. The average molecular weight is 374 g/mol. The predicted octanol–water partition coefficient (Wildman–Crippen LogP) is 4.05. The molecule has 0 aliphatic heterocycles. The number of para-hydroxylation sites is 1. The van der Waals surface area contributed by atoms with Crippen LogP contribution in [0.3, 0.4) is 0 Å². The summed E-state index contributed by atoms with van der Waals surface area (Å²) in [6, 6.07) is 24.4. The highest BCUT2D eigenvalue weighted by atomic mass is 16.5. The summed E-state index contributed by atoms with van der Waals surface area (Å²) in [7, 11) is 0. The summed E-state index contributed by atoms with van der Waals surface area (Å²) in [5, 5.41) is 5.64. The van der Waals surface area contributed by atoms with Gasteiger partial charge in [0.25, 0.3) is 5.91 Å². The van der Waals surface area contributed by atoms with Crippen LogP contribution in [0.4, 0.5) is 0 Å². The molecule has 2 amide bonds. The molecule has 5 nitrogen and oxygen atoms in total. The van der Waals surface area contributed by atoms with E-state index in [2.05, 4.69) is 10.6 Å². The summed E-state index contributed by atoms with van der Waals surface area (Å²) in [6.45, 7) is 2.33. The zero-order valence-corrected chi connectivity index (χ0v) is 15.6. The first-order valence-electron chi connectivity index (χ1n) is 9.03. The van der Waals surface area contributed by atoms with Gasteiger partial charge in [0.2, 0.25) is 5.91 Å². The van der Waals surface area contributed by atoms with Crippen molar-refractivity contribution in [2.24, 2.45) is 0 Å². The fourth-order valence-corrected chi connectivity index (χ4v) is 2.63. The third-order valence-electron chi connectivity index (χ3n) is 4.09. The number of carbonyl (C=O) groups excluding carboxylic acids is 2. The van der Waals surface area contributed by atoms with Gasteiger partial charge in [0, 0.05) is 25.6 Å². The minimum Gasteiger partial charge on any atom is -0.457 e. The Hall–Kier alpha value is -3.60. The normalized spacial score (nSPS) is 10.2. The van der Waals surface area contributed by atoms with E-state index >= 15 is 0 Å². The van der Waals surface area contributed by atoms with Crippen molar-refractivity contribution in [3.05, 3.63) is 95.6 Å². The van der Waals surface area contributed by atoms with Crippen molar-refractivity contribution in [1.29, 1.82) is 0 Å². The monoisotopic (exact) mass is 374 g/mol. The van der Waals surface area contributed by atoms with E-state index in [0.29, 0.717) is 18.7 Å². The van der Waals surface area contributed by atoms with Crippen LogP contribution in [0.25, 0.3) is 0 Å². The maximum Gasteiger partial charge on any atom is 0.251 e. The molecule has 0 aliphatic carbocycles. The summed E-state index contributed by atoms with van der Waals surface area (Å²) >= 11 is 0. The molecule has 0 atom stereocenters. The standard InChI is InChI=1S/C23H22N2O3/c1-17(26)24-15-18-10-12-20(13-11-18)23(27)25-16-19-6-5-9-22(14-19)28-21-7-3-2-4-8-21/h2-14H,15-16H2,1H3,(H,24,26)(H,25,27). The van der Waals surface area contributed by atoms with Crippen LogP contribution < -0.4 is 15.4 Å². The van der Waals surface area contributed by atoms with E-state index < -0.39 is 0 Å². The lowest BCUT2D eigenvalue weighted by Gasteiger charge is -2.09. The quantitative estimate of drug-likeness (QED) is 0.656. The molecule has 0 saturated carbocycles. The highest BCUT2D eigenvalue weighted by Crippen LogP contribution is 2.21. The van der Waals surface area contributed by atoms with Crippen molar-refractivity contribution in [2.75, 3.05) is 0 Å². The van der Waals surface area contributed by atoms with Gasteiger partial charge in [0.1, 0.15) is 11.5 Å². The molecule has 142 valence electrons. The second-order valence-corrected chi connectivity index (χ2v) is 6.35. The van der Waals surface area contributed by atoms with Crippen molar-refractivity contribution in [3.8, 4) is 11.5 Å². The van der Waals surface area contributed by atoms with Crippen LogP contribution in [0.5, 0.6) is 11.5 Å². The van der Waals surface area contributed by atoms with Gasteiger partial charge in [-0.15, -0.1) is 0 Å². The van der Waals surface area contributed by atoms with E-state index in [9.17, 15) is 9.59 Å². The fraction of sp³-hybridized carbons (Fsp3) is 0.130. The molecule has 28 heavy (non-hydrogen) atoms. The van der Waals surface area contributed by atoms with E-state index in [0.717, 1.165) is 22.6 Å². The molecule has 3 aromatic carbocycles. The first-order valence-corrected chi connectivity index (χ1v) is 9.03. The third kappa shape index (κ3) is 5.71. The van der Waals surface area contributed by atoms with Crippen LogP contribution in [0.1, 0.15) is 28.4 Å². The highest BCUT2D eigenvalue weighted by Gasteiger charge is 2.06. The maximum atomic E-state index is 12.4. The fourth-order valence-electron chi connectivity index (χ4n) is 2.63. The number of rotatable bonds is 7. The lowest BCUT2D eigenvalue weighted by Crippen LogP contribution is -2.23. The lowest BCUT2D eigenvalue weighted by atomic mass is 10.1. The average Bonchev–Trinajstić information content (AvgIpc) is 2.72. The number of hydrogen-bond acceptors (Lipinski definition) is 3. The van der Waals surface area contributed by atoms with Crippen LogP contribution in [0.15, 0.2) is 78.9 Å². The number of carbonyl (C=O) groups is 2. The van der Waals surface area contributed by atoms with E-state index in [4.69, 9.17) is 4.74 Å². The van der Waals surface area contributed by atoms with Gasteiger partial charge in [-0.2, -0.15) is 0 Å². The van der Waals surface area contributed by atoms with Gasteiger partial charge in [-0.05, 0) is 47.5 Å². The van der Waals surface area contributed by atoms with E-state index in [1.807, 2.05) is 66.7 Å². The Morgan fingerprint density at radius 1 is 0.750 bits per heavy atom. The molecule has 0 heterocycles. The Bertz CT molecular complexity index is 938. The number of hydrogen-bond donors (Lipinski definition) is 2. The van der Waals surface area contributed by atoms with Gasteiger partial charge in [-0.1, -0.05) is 42.5 Å². The second-order valence-electron chi connectivity index (χ2n) is 6.35. The molecule has 0 radical (unpaired) electrons. The molecule has 0 aromatic heterocycles. The summed E-state index contributed by atoms with van der Waals surface area (Å²) < 4.78 is 5.82. The predicted molar refractivity (Wildman–Crippen MR) is 108 cm³/mol. The molecule has 0 bridgehead atoms. The van der Waals surface area contributed by atoms with Crippen LogP contribution in [0.2, 0.25) is 0 Å². The highest BCUT2D eigenvalue weighted by molar-refractivity contribution is 5.94. The summed E-state index contributed by atoms with van der Waals surface area (Å²) in [4.78, 5) is 23.3. The Balaban J connectivity index is 1.55. The minimum absolute atomic E-state index is 0.0831. The Kier molecular flexibility index (Phi) is 6.41. The first-order chi connectivity index (χ1) is 13.6. The van der Waals surface area contributed by atoms with Gasteiger partial charge in [-0.3, -0.25) is 9.59 Å². The van der Waals surface area contributed by atoms with Gasteiger partial charge in [0.05, 0.1) is 0 Å². The van der Waals surface area contributed by atoms with Crippen molar-refractivity contribution in [3.63, 3.8) is 0 Å². The minimum atomic E-state index is -0.152. The number of benzene rings is 3. The summed E-state index contributed by atoms with van der Waals surface area (Å²) in [6.07, 6.45) is 0. The van der Waals surface area contributed by atoms with Crippen LogP contribution >= 0.6 is 0 Å². The van der Waals surface area contributed by atoms with E-state index in [-0.39, 0.29) is 11.8 Å². The Labute approximate surface area is 164 Å². The maximum absolute atomic E-state index is 12.4. The van der Waals surface area contributed by atoms with Crippen LogP contribution in [-0.2, 0) is 17.9 Å². The van der Waals surface area contributed by atoms with Crippen molar-refractivity contribution < 1.29 is 14.3 Å². The van der Waals surface area contributed by atoms with Crippen LogP contribution in [-0.4, -0.2) is 11.8 Å². The molecule has 0 spiro atoms. The molecule has 0 saturated heterocycles. The molecule has 0 aliphatic rings. The largest absolute Gasteiger partial charge is 0.457 e. The first kappa shape index (κ1) is 19.2. The zero-order chi connectivity index (χ0) is 19.8. The second kappa shape index (κ2) is 9.37. The lowest BCUT2D eigenvalue weighted by molar-refractivity contribution is -0.119. The van der Waals surface area contributed by atoms with E-state index in [1.54, 1.807) is 12.1 Å². The molecule has 0 fully saturated rings. The molecule has 3 aromatic rings. The SMILES string of the molecule is CC(=O)NCc1ccc(C(=O)NCc2cccc(Oc3ccccc3)c2)cc1. The summed E-state index contributed by atoms with van der Waals surface area (Å²) in [5.74, 6) is 1.25. The number of ether oxygens (including phenoxy) is 1. The topological polar surface area (TPSA) is 67.4 Å². The van der Waals surface area contributed by atoms with Gasteiger partial charge in [-0.25, -0.2) is 0 Å². The van der Waals surface area contributed by atoms with E-state index in [1.165, 1.54) is 6.92 Å². The smallest absolute Gasteiger partial charge is 0.251 e. The number of nitrogens with one attached hydrogen (secondary N) is 2. The molecular formula is C23H22N2O3. The molecule has 3 rings (SSSR count). The third-order valence-corrected chi connectivity index (χ3v) is 4.09. The molecule has 2 N–H and O–H groups in total. The van der Waals surface area contributed by atoms with Crippen LogP contribution in [0, 0.1) is 0 Å². The molecule has 0 unspecified atom stereocenters. The van der Waals surface area contributed by atoms with Gasteiger partial charge >= 0.3 is 0 Å². The van der Waals surface area contributed by atoms with Gasteiger partial charge in [0.15, 0.2) is 0 Å². The van der Waals surface area contributed by atoms with Crippen molar-refractivity contribution >= 4 is 11.8 Å². The molecule has 5 heteroatoms. The molecular weight excluding hydrogens is 352 g/mol. The van der Waals surface area contributed by atoms with Gasteiger partial charge < -0.3 is 15.4 Å². The Morgan fingerprint density at radius 3 is 2.14 bits per heavy atom.